The highest BCUT2D eigenvalue weighted by Crippen LogP contribution is 2.52. The summed E-state index contributed by atoms with van der Waals surface area (Å²) in [5.41, 5.74) is 18.5. The number of fused-ring (bicyclic) bond motifs is 8. The summed E-state index contributed by atoms with van der Waals surface area (Å²) in [5, 5.41) is 6.45. The molecule has 2 aliphatic rings. The molecule has 3 heteroatoms. The Hall–Kier alpha value is -5.80. The van der Waals surface area contributed by atoms with Crippen LogP contribution in [0.5, 0.6) is 0 Å². The highest BCUT2D eigenvalue weighted by molar-refractivity contribution is 6.73. The fourth-order valence-corrected chi connectivity index (χ4v) is 8.37. The van der Waals surface area contributed by atoms with Gasteiger partial charge in [0.15, 0.2) is 7.28 Å². The van der Waals surface area contributed by atoms with Crippen molar-refractivity contribution < 1.29 is 0 Å². The molecular formula is C45H32BN2. The van der Waals surface area contributed by atoms with Crippen molar-refractivity contribution in [1.29, 1.82) is 0 Å². The second-order valence-electron chi connectivity index (χ2n) is 13.6. The zero-order valence-corrected chi connectivity index (χ0v) is 27.0. The predicted octanol–water partition coefficient (Wildman–Crippen LogP) is 10.1. The molecule has 0 bridgehead atoms. The molecule has 8 aromatic rings. The van der Waals surface area contributed by atoms with Crippen molar-refractivity contribution in [2.24, 2.45) is 0 Å². The SMILES string of the molecule is CC1(C)c2ccccc2-c2cc(Nc3ccccc3)c(-c3cc(-c4ccccc4)c4c5ccccc5n5c4c3[B]c3ccccc3-5)cc21. The molecule has 10 rings (SSSR count). The number of hydrogen-bond donors (Lipinski definition) is 1. The van der Waals surface area contributed by atoms with Gasteiger partial charge >= 0.3 is 0 Å². The van der Waals surface area contributed by atoms with E-state index in [0.29, 0.717) is 0 Å². The van der Waals surface area contributed by atoms with E-state index in [0.717, 1.165) is 11.4 Å². The minimum Gasteiger partial charge on any atom is -0.355 e. The number of benzene rings is 7. The standard InChI is InChI=1S/C45H32BN2/c1-45(2)36-21-11-9-19-30(36)33-27-39(47-29-17-7-4-8-18-29)34(26-37(33)45)35-25-32(28-15-5-3-6-16-28)42-31-20-10-13-23-40(31)48-41-24-14-12-22-38(41)46-43(35)44(42)48/h3-27,47H,1-2H3. The summed E-state index contributed by atoms with van der Waals surface area (Å²) in [4.78, 5) is 0. The van der Waals surface area contributed by atoms with Gasteiger partial charge in [0.25, 0.3) is 0 Å². The van der Waals surface area contributed by atoms with Gasteiger partial charge in [0.1, 0.15) is 0 Å². The first-order valence-corrected chi connectivity index (χ1v) is 16.8. The van der Waals surface area contributed by atoms with E-state index in [4.69, 9.17) is 0 Å². The number of nitrogens with zero attached hydrogens (tertiary/aromatic N) is 1. The molecular weight excluding hydrogens is 579 g/mol. The van der Waals surface area contributed by atoms with E-state index in [2.05, 4.69) is 183 Å². The largest absolute Gasteiger partial charge is 0.355 e. The molecule has 1 N–H and O–H groups in total. The molecule has 1 aliphatic heterocycles. The van der Waals surface area contributed by atoms with Gasteiger partial charge in [0, 0.05) is 44.3 Å². The molecule has 0 amide bonds. The zero-order valence-electron chi connectivity index (χ0n) is 27.0. The Morgan fingerprint density at radius 1 is 0.562 bits per heavy atom. The maximum absolute atomic E-state index is 3.88. The van der Waals surface area contributed by atoms with Gasteiger partial charge in [-0.05, 0) is 86.9 Å². The highest BCUT2D eigenvalue weighted by Gasteiger charge is 2.37. The van der Waals surface area contributed by atoms with E-state index in [1.807, 2.05) is 0 Å². The first-order valence-electron chi connectivity index (χ1n) is 16.8. The summed E-state index contributed by atoms with van der Waals surface area (Å²) in [7, 11) is 2.42. The molecule has 1 aliphatic carbocycles. The van der Waals surface area contributed by atoms with E-state index in [1.165, 1.54) is 82.9 Å². The first kappa shape index (κ1) is 27.3. The fraction of sp³-hybridized carbons (Fsp3) is 0.0667. The molecule has 1 radical (unpaired) electrons. The maximum atomic E-state index is 3.88. The quantitative estimate of drug-likeness (QED) is 0.196. The Balaban J connectivity index is 1.36. The summed E-state index contributed by atoms with van der Waals surface area (Å²) >= 11 is 0. The van der Waals surface area contributed by atoms with Crippen molar-refractivity contribution in [3.8, 4) is 39.1 Å². The minimum absolute atomic E-state index is 0.124. The fourth-order valence-electron chi connectivity index (χ4n) is 8.37. The zero-order chi connectivity index (χ0) is 32.0. The van der Waals surface area contributed by atoms with Gasteiger partial charge < -0.3 is 9.88 Å². The van der Waals surface area contributed by atoms with Crippen LogP contribution in [-0.2, 0) is 5.41 Å². The Morgan fingerprint density at radius 3 is 2.12 bits per heavy atom. The maximum Gasteiger partial charge on any atom is 0.197 e. The molecule has 7 aromatic carbocycles. The van der Waals surface area contributed by atoms with Gasteiger partial charge in [-0.25, -0.2) is 0 Å². The summed E-state index contributed by atoms with van der Waals surface area (Å²) in [6.07, 6.45) is 0. The lowest BCUT2D eigenvalue weighted by Crippen LogP contribution is -2.37. The lowest BCUT2D eigenvalue weighted by molar-refractivity contribution is 0.660. The Kier molecular flexibility index (Phi) is 5.75. The van der Waals surface area contributed by atoms with Crippen molar-refractivity contribution in [3.63, 3.8) is 0 Å². The number of nitrogens with one attached hydrogen (secondary N) is 1. The lowest BCUT2D eigenvalue weighted by Gasteiger charge is -2.27. The topological polar surface area (TPSA) is 17.0 Å². The molecule has 1 aromatic heterocycles. The minimum atomic E-state index is -0.124. The monoisotopic (exact) mass is 611 g/mol. The number of anilines is 2. The molecule has 225 valence electrons. The van der Waals surface area contributed by atoms with Crippen molar-refractivity contribution in [3.05, 3.63) is 163 Å². The molecule has 0 saturated heterocycles. The van der Waals surface area contributed by atoms with E-state index >= 15 is 0 Å². The lowest BCUT2D eigenvalue weighted by atomic mass is 9.58. The van der Waals surface area contributed by atoms with Gasteiger partial charge in [-0.3, -0.25) is 0 Å². The third-order valence-corrected chi connectivity index (χ3v) is 10.6. The Labute approximate surface area is 281 Å². The van der Waals surface area contributed by atoms with Crippen LogP contribution in [0.1, 0.15) is 25.0 Å². The molecule has 0 unspecified atom stereocenters. The number of hydrogen-bond acceptors (Lipinski definition) is 1. The van der Waals surface area contributed by atoms with Crippen LogP contribution >= 0.6 is 0 Å². The van der Waals surface area contributed by atoms with Crippen molar-refractivity contribution in [1.82, 2.24) is 4.57 Å². The van der Waals surface area contributed by atoms with Gasteiger partial charge in [-0.1, -0.05) is 129 Å². The van der Waals surface area contributed by atoms with E-state index in [9.17, 15) is 0 Å². The van der Waals surface area contributed by atoms with Gasteiger partial charge in [0.05, 0.1) is 5.52 Å². The smallest absolute Gasteiger partial charge is 0.197 e. The summed E-state index contributed by atoms with van der Waals surface area (Å²) < 4.78 is 2.50. The number of rotatable bonds is 4. The first-order chi connectivity index (χ1) is 23.6. The summed E-state index contributed by atoms with van der Waals surface area (Å²) in [6.45, 7) is 4.74. The normalized spacial score (nSPS) is 13.5. The van der Waals surface area contributed by atoms with E-state index in [1.54, 1.807) is 0 Å². The summed E-state index contributed by atoms with van der Waals surface area (Å²) in [6, 6.07) is 55.4. The molecule has 0 fully saturated rings. The average molecular weight is 612 g/mol. The Morgan fingerprint density at radius 2 is 1.27 bits per heavy atom. The second kappa shape index (κ2) is 10.1. The van der Waals surface area contributed by atoms with Gasteiger partial charge in [0.2, 0.25) is 0 Å². The van der Waals surface area contributed by atoms with Gasteiger partial charge in [-0.2, -0.15) is 0 Å². The van der Waals surface area contributed by atoms with Crippen LogP contribution in [0.15, 0.2) is 152 Å². The molecule has 0 saturated carbocycles. The van der Waals surface area contributed by atoms with Crippen LogP contribution in [0.2, 0.25) is 0 Å². The second-order valence-corrected chi connectivity index (χ2v) is 13.6. The average Bonchev–Trinajstić information content (AvgIpc) is 3.59. The highest BCUT2D eigenvalue weighted by atomic mass is 15.0. The van der Waals surface area contributed by atoms with Crippen molar-refractivity contribution in [2.75, 3.05) is 5.32 Å². The Bertz CT molecular complexity index is 2580. The van der Waals surface area contributed by atoms with Gasteiger partial charge in [-0.15, -0.1) is 0 Å². The van der Waals surface area contributed by atoms with Crippen LogP contribution in [0.25, 0.3) is 60.9 Å². The summed E-state index contributed by atoms with van der Waals surface area (Å²) in [5.74, 6) is 0. The van der Waals surface area contributed by atoms with Crippen LogP contribution in [-0.4, -0.2) is 11.8 Å². The van der Waals surface area contributed by atoms with Crippen molar-refractivity contribution >= 4 is 51.4 Å². The molecule has 2 nitrogen and oxygen atoms in total. The van der Waals surface area contributed by atoms with E-state index < -0.39 is 0 Å². The van der Waals surface area contributed by atoms with E-state index in [-0.39, 0.29) is 5.41 Å². The number of para-hydroxylation sites is 3. The van der Waals surface area contributed by atoms with Crippen LogP contribution in [0, 0.1) is 0 Å². The molecule has 2 heterocycles. The third-order valence-electron chi connectivity index (χ3n) is 10.6. The molecule has 0 atom stereocenters. The van der Waals surface area contributed by atoms with Crippen LogP contribution in [0.4, 0.5) is 11.4 Å². The predicted molar refractivity (Wildman–Crippen MR) is 204 cm³/mol. The van der Waals surface area contributed by atoms with Crippen molar-refractivity contribution in [2.45, 2.75) is 19.3 Å². The van der Waals surface area contributed by atoms with Crippen LogP contribution < -0.4 is 16.2 Å². The molecule has 48 heavy (non-hydrogen) atoms. The number of aromatic nitrogens is 1. The third kappa shape index (κ3) is 3.82. The molecule has 0 spiro atoms. The van der Waals surface area contributed by atoms with Crippen LogP contribution in [0.3, 0.4) is 0 Å².